The summed E-state index contributed by atoms with van der Waals surface area (Å²) in [6.07, 6.45) is 1.39. The monoisotopic (exact) mass is 472 g/mol. The van der Waals surface area contributed by atoms with Crippen LogP contribution < -0.4 is 9.88 Å². The molecule has 0 aliphatic carbocycles. The summed E-state index contributed by atoms with van der Waals surface area (Å²) in [7, 11) is -5.27. The maximum atomic E-state index is 12.7. The number of sulfonamides is 2. The molecule has 3 rings (SSSR count). The molecule has 1 aliphatic heterocycles. The number of primary sulfonamides is 1. The zero-order chi connectivity index (χ0) is 21.8. The highest BCUT2D eigenvalue weighted by Gasteiger charge is 2.27. The topological polar surface area (TPSA) is 123 Å². The fourth-order valence-corrected chi connectivity index (χ4v) is 5.36. The van der Waals surface area contributed by atoms with Gasteiger partial charge in [-0.15, -0.1) is 11.8 Å². The highest BCUT2D eigenvalue weighted by atomic mass is 32.2. The molecule has 1 saturated heterocycles. The number of hydrogen-bond acceptors (Lipinski definition) is 8. The summed E-state index contributed by atoms with van der Waals surface area (Å²) in [6, 6.07) is 9.13. The fourth-order valence-electron chi connectivity index (χ4n) is 2.81. The fraction of sp³-hybridized carbons (Fsp3) is 0.389. The number of likely N-dealkylation sites (N-methyl/N-ethyl adjacent to an activating group) is 1. The van der Waals surface area contributed by atoms with Crippen LogP contribution in [-0.2, 0) is 20.0 Å². The van der Waals surface area contributed by atoms with Gasteiger partial charge in [0.1, 0.15) is 10.6 Å². The summed E-state index contributed by atoms with van der Waals surface area (Å²) in [5.41, 5.74) is 0. The molecule has 9 nitrogen and oxygen atoms in total. The minimum absolute atomic E-state index is 0.0278. The highest BCUT2D eigenvalue weighted by Crippen LogP contribution is 2.21. The lowest BCUT2D eigenvalue weighted by Crippen LogP contribution is -2.47. The Morgan fingerprint density at radius 3 is 2.20 bits per heavy atom. The number of nitrogens with zero attached hydrogens (tertiary/aromatic N) is 3. The van der Waals surface area contributed by atoms with Crippen LogP contribution in [0, 0.1) is 0 Å². The summed E-state index contributed by atoms with van der Waals surface area (Å²) < 4.78 is 54.9. The Bertz CT molecular complexity index is 1050. The van der Waals surface area contributed by atoms with Crippen LogP contribution in [0.3, 0.4) is 0 Å². The maximum Gasteiger partial charge on any atom is 0.244 e. The Kier molecular flexibility index (Phi) is 7.37. The van der Waals surface area contributed by atoms with Gasteiger partial charge in [0.05, 0.1) is 16.5 Å². The maximum absolute atomic E-state index is 12.7. The van der Waals surface area contributed by atoms with Gasteiger partial charge in [0.2, 0.25) is 20.0 Å². The normalized spacial score (nSPS) is 16.5. The molecule has 0 spiro atoms. The van der Waals surface area contributed by atoms with Crippen molar-refractivity contribution in [2.75, 3.05) is 45.6 Å². The molecule has 0 amide bonds. The van der Waals surface area contributed by atoms with Crippen LogP contribution in [0.2, 0.25) is 0 Å². The number of benzene rings is 1. The number of hydrogen-bond donors (Lipinski definition) is 1. The molecule has 30 heavy (non-hydrogen) atoms. The minimum Gasteiger partial charge on any atom is -0.493 e. The van der Waals surface area contributed by atoms with E-state index in [0.29, 0.717) is 49.3 Å². The number of rotatable bonds is 8. The van der Waals surface area contributed by atoms with Crippen molar-refractivity contribution < 1.29 is 21.6 Å². The van der Waals surface area contributed by atoms with Gasteiger partial charge in [-0.25, -0.2) is 27.0 Å². The quantitative estimate of drug-likeness (QED) is 0.443. The largest absolute Gasteiger partial charge is 0.493 e. The Labute approximate surface area is 181 Å². The lowest BCUT2D eigenvalue weighted by atomic mass is 10.3. The van der Waals surface area contributed by atoms with Crippen molar-refractivity contribution in [2.45, 2.75) is 14.8 Å². The first kappa shape index (κ1) is 23.0. The second kappa shape index (κ2) is 9.62. The predicted molar refractivity (Wildman–Crippen MR) is 115 cm³/mol. The third-order valence-electron chi connectivity index (χ3n) is 4.56. The van der Waals surface area contributed by atoms with Crippen molar-refractivity contribution in [2.24, 2.45) is 5.14 Å². The molecule has 0 atom stereocenters. The predicted octanol–water partition coefficient (Wildman–Crippen LogP) is 0.836. The van der Waals surface area contributed by atoms with E-state index in [-0.39, 0.29) is 9.79 Å². The van der Waals surface area contributed by atoms with Gasteiger partial charge >= 0.3 is 0 Å². The molecule has 1 aromatic heterocycles. The van der Waals surface area contributed by atoms with Gasteiger partial charge < -0.3 is 9.64 Å². The molecule has 164 valence electrons. The van der Waals surface area contributed by atoms with Crippen LogP contribution in [0.4, 0.5) is 0 Å². The third kappa shape index (κ3) is 5.93. The van der Waals surface area contributed by atoms with Crippen molar-refractivity contribution in [1.82, 2.24) is 14.2 Å². The minimum atomic E-state index is -3.72. The van der Waals surface area contributed by atoms with Crippen molar-refractivity contribution >= 4 is 31.8 Å². The van der Waals surface area contributed by atoms with Crippen LogP contribution in [0.15, 0.2) is 57.4 Å². The van der Waals surface area contributed by atoms with Crippen LogP contribution in [0.1, 0.15) is 0 Å². The molecule has 12 heteroatoms. The number of thioether (sulfide) groups is 1. The molecule has 1 aromatic carbocycles. The zero-order valence-corrected chi connectivity index (χ0v) is 18.9. The SMILES string of the molecule is CN1CCN(S(=O)(=O)c2ccc(SCCOc3ccc(S(N)(=O)=O)cc3)nc2)CC1. The standard InChI is InChI=1S/C18H24N4O5S3/c1-21-8-10-22(11-9-21)30(25,26)17-6-7-18(20-14-17)28-13-12-27-15-2-4-16(5-3-15)29(19,23)24/h2-7,14H,8-13H2,1H3,(H2,19,23,24). The first-order valence-corrected chi connectivity index (χ1v) is 13.2. The van der Waals surface area contributed by atoms with Crippen molar-refractivity contribution in [3.05, 3.63) is 42.6 Å². The Hall–Kier alpha value is -1.70. The molecule has 2 aromatic rings. The second-order valence-corrected chi connectivity index (χ2v) is 11.4. The van der Waals surface area contributed by atoms with E-state index in [4.69, 9.17) is 9.88 Å². The number of pyridine rings is 1. The molecule has 0 saturated carbocycles. The summed E-state index contributed by atoms with van der Waals surface area (Å²) in [5, 5.41) is 5.75. The zero-order valence-electron chi connectivity index (χ0n) is 16.5. The van der Waals surface area contributed by atoms with Gasteiger partial charge in [0, 0.05) is 38.1 Å². The summed E-state index contributed by atoms with van der Waals surface area (Å²) in [5.74, 6) is 1.12. The molecule has 1 fully saturated rings. The average Bonchev–Trinajstić information content (AvgIpc) is 2.71. The Balaban J connectivity index is 1.49. The molecular formula is C18H24N4O5S3. The van der Waals surface area contributed by atoms with Gasteiger partial charge in [0.15, 0.2) is 0 Å². The van der Waals surface area contributed by atoms with E-state index in [1.54, 1.807) is 24.3 Å². The number of piperazine rings is 1. The second-order valence-electron chi connectivity index (χ2n) is 6.75. The van der Waals surface area contributed by atoms with Crippen LogP contribution >= 0.6 is 11.8 Å². The molecule has 2 N–H and O–H groups in total. The van der Waals surface area contributed by atoms with E-state index >= 15 is 0 Å². The van der Waals surface area contributed by atoms with Crippen LogP contribution in [-0.4, -0.2) is 76.6 Å². The van der Waals surface area contributed by atoms with Gasteiger partial charge in [-0.2, -0.15) is 4.31 Å². The van der Waals surface area contributed by atoms with Crippen molar-refractivity contribution in [1.29, 1.82) is 0 Å². The van der Waals surface area contributed by atoms with E-state index in [0.717, 1.165) is 0 Å². The lowest BCUT2D eigenvalue weighted by Gasteiger charge is -2.31. The molecule has 0 unspecified atom stereocenters. The smallest absolute Gasteiger partial charge is 0.244 e. The molecule has 2 heterocycles. The molecule has 1 aliphatic rings. The first-order valence-electron chi connectivity index (χ1n) is 9.19. The van der Waals surface area contributed by atoms with Crippen LogP contribution in [0.5, 0.6) is 5.75 Å². The number of nitrogens with two attached hydrogens (primary N) is 1. The first-order chi connectivity index (χ1) is 14.2. The van der Waals surface area contributed by atoms with Gasteiger partial charge in [-0.05, 0) is 43.4 Å². The van der Waals surface area contributed by atoms with Gasteiger partial charge in [-0.3, -0.25) is 0 Å². The van der Waals surface area contributed by atoms with E-state index in [1.165, 1.54) is 34.4 Å². The van der Waals surface area contributed by atoms with E-state index in [1.807, 2.05) is 7.05 Å². The summed E-state index contributed by atoms with van der Waals surface area (Å²) in [6.45, 7) is 2.76. The molecule has 0 radical (unpaired) electrons. The van der Waals surface area contributed by atoms with Crippen molar-refractivity contribution in [3.8, 4) is 5.75 Å². The van der Waals surface area contributed by atoms with E-state index in [2.05, 4.69) is 9.88 Å². The van der Waals surface area contributed by atoms with E-state index < -0.39 is 20.0 Å². The highest BCUT2D eigenvalue weighted by molar-refractivity contribution is 7.99. The summed E-state index contributed by atoms with van der Waals surface area (Å²) in [4.78, 5) is 6.57. The summed E-state index contributed by atoms with van der Waals surface area (Å²) >= 11 is 1.44. The van der Waals surface area contributed by atoms with Crippen LogP contribution in [0.25, 0.3) is 0 Å². The van der Waals surface area contributed by atoms with Gasteiger partial charge in [-0.1, -0.05) is 0 Å². The average molecular weight is 473 g/mol. The lowest BCUT2D eigenvalue weighted by molar-refractivity contribution is 0.222. The molecule has 0 bridgehead atoms. The number of ether oxygens (including phenoxy) is 1. The van der Waals surface area contributed by atoms with Crippen molar-refractivity contribution in [3.63, 3.8) is 0 Å². The number of aromatic nitrogens is 1. The Morgan fingerprint density at radius 2 is 1.63 bits per heavy atom. The third-order valence-corrected chi connectivity index (χ3v) is 8.28. The van der Waals surface area contributed by atoms with E-state index in [9.17, 15) is 16.8 Å². The van der Waals surface area contributed by atoms with Gasteiger partial charge in [0.25, 0.3) is 0 Å². The molecular weight excluding hydrogens is 448 g/mol. The Morgan fingerprint density at radius 1 is 1.00 bits per heavy atom.